The van der Waals surface area contributed by atoms with Crippen molar-refractivity contribution in [3.63, 3.8) is 0 Å². The van der Waals surface area contributed by atoms with Gasteiger partial charge in [-0.1, -0.05) is 6.92 Å². The van der Waals surface area contributed by atoms with Crippen molar-refractivity contribution in [2.45, 2.75) is 25.7 Å². The smallest absolute Gasteiger partial charge is 0.0508 e. The van der Waals surface area contributed by atoms with E-state index in [0.717, 1.165) is 11.4 Å². The summed E-state index contributed by atoms with van der Waals surface area (Å²) in [7, 11) is 0. The molecule has 1 nitrogen and oxygen atoms in total. The lowest BCUT2D eigenvalue weighted by atomic mass is 10.3. The first-order chi connectivity index (χ1) is 5.24. The number of rotatable bonds is 2. The number of pyridine rings is 1. The average Bonchev–Trinajstić information content (AvgIpc) is 1.98. The van der Waals surface area contributed by atoms with Crippen LogP contribution in [0.25, 0.3) is 0 Å². The van der Waals surface area contributed by atoms with Crippen molar-refractivity contribution in [3.8, 4) is 0 Å². The summed E-state index contributed by atoms with van der Waals surface area (Å²) >= 11 is 1.85. The summed E-state index contributed by atoms with van der Waals surface area (Å²) in [5.41, 5.74) is 2.38. The second-order valence-electron chi connectivity index (χ2n) is 2.53. The molecule has 1 rings (SSSR count). The zero-order valence-corrected chi connectivity index (χ0v) is 8.03. The molecule has 0 fully saturated rings. The Morgan fingerprint density at radius 2 is 2.18 bits per heavy atom. The second kappa shape index (κ2) is 3.77. The molecule has 0 unspecified atom stereocenters. The predicted octanol–water partition coefficient (Wildman–Crippen LogP) is 2.81. The van der Waals surface area contributed by atoms with E-state index >= 15 is 0 Å². The molecule has 1 aromatic heterocycles. The highest BCUT2D eigenvalue weighted by atomic mass is 32.2. The summed E-state index contributed by atoms with van der Waals surface area (Å²) in [5, 5.41) is 0. The van der Waals surface area contributed by atoms with E-state index in [2.05, 4.69) is 31.8 Å². The first-order valence-corrected chi connectivity index (χ1v) is 4.78. The van der Waals surface area contributed by atoms with Crippen LogP contribution in [0.3, 0.4) is 0 Å². The maximum absolute atomic E-state index is 4.28. The standard InChI is InChI=1S/C9H13NS/c1-4-11-9-5-7(2)6-10-8(9)3/h5-6H,4H2,1-3H3. The van der Waals surface area contributed by atoms with Crippen molar-refractivity contribution in [1.82, 2.24) is 4.98 Å². The third kappa shape index (κ3) is 2.22. The molecule has 0 saturated carbocycles. The average molecular weight is 167 g/mol. The van der Waals surface area contributed by atoms with Crippen molar-refractivity contribution >= 4 is 11.8 Å². The Morgan fingerprint density at radius 1 is 1.45 bits per heavy atom. The number of hydrogen-bond acceptors (Lipinski definition) is 2. The van der Waals surface area contributed by atoms with Crippen LogP contribution in [-0.4, -0.2) is 10.7 Å². The lowest BCUT2D eigenvalue weighted by Gasteiger charge is -2.02. The van der Waals surface area contributed by atoms with Gasteiger partial charge in [0.05, 0.1) is 5.69 Å². The summed E-state index contributed by atoms with van der Waals surface area (Å²) in [5.74, 6) is 1.12. The molecule has 0 N–H and O–H groups in total. The van der Waals surface area contributed by atoms with Crippen molar-refractivity contribution in [2.75, 3.05) is 5.75 Å². The Morgan fingerprint density at radius 3 is 2.82 bits per heavy atom. The monoisotopic (exact) mass is 167 g/mol. The molecule has 0 bridgehead atoms. The van der Waals surface area contributed by atoms with Gasteiger partial charge in [-0.15, -0.1) is 11.8 Å². The van der Waals surface area contributed by atoms with Crippen molar-refractivity contribution in [2.24, 2.45) is 0 Å². The summed E-state index contributed by atoms with van der Waals surface area (Å²) in [6.45, 7) is 6.29. The van der Waals surface area contributed by atoms with Gasteiger partial charge in [0.25, 0.3) is 0 Å². The number of hydrogen-bond donors (Lipinski definition) is 0. The van der Waals surface area contributed by atoms with E-state index in [1.54, 1.807) is 0 Å². The molecule has 0 aliphatic heterocycles. The van der Waals surface area contributed by atoms with E-state index < -0.39 is 0 Å². The Hall–Kier alpha value is -0.500. The molecule has 0 aliphatic carbocycles. The van der Waals surface area contributed by atoms with Gasteiger partial charge in [0.1, 0.15) is 0 Å². The Kier molecular flexibility index (Phi) is 2.94. The first-order valence-electron chi connectivity index (χ1n) is 3.80. The van der Waals surface area contributed by atoms with Gasteiger partial charge in [-0.05, 0) is 31.2 Å². The minimum atomic E-state index is 1.12. The van der Waals surface area contributed by atoms with Gasteiger partial charge in [0.15, 0.2) is 0 Å². The first kappa shape index (κ1) is 8.60. The largest absolute Gasteiger partial charge is 0.260 e. The summed E-state index contributed by atoms with van der Waals surface area (Å²) in [4.78, 5) is 5.59. The lowest BCUT2D eigenvalue weighted by molar-refractivity contribution is 1.09. The van der Waals surface area contributed by atoms with Crippen LogP contribution >= 0.6 is 11.8 Å². The van der Waals surface area contributed by atoms with Crippen LogP contribution in [0.4, 0.5) is 0 Å². The van der Waals surface area contributed by atoms with Crippen LogP contribution in [0.2, 0.25) is 0 Å². The minimum absolute atomic E-state index is 1.12. The maximum Gasteiger partial charge on any atom is 0.0508 e. The van der Waals surface area contributed by atoms with Crippen LogP contribution in [0.15, 0.2) is 17.2 Å². The molecule has 0 atom stereocenters. The van der Waals surface area contributed by atoms with Crippen molar-refractivity contribution in [1.29, 1.82) is 0 Å². The molecule has 60 valence electrons. The van der Waals surface area contributed by atoms with Gasteiger partial charge in [0.2, 0.25) is 0 Å². The van der Waals surface area contributed by atoms with Gasteiger partial charge >= 0.3 is 0 Å². The molecule has 11 heavy (non-hydrogen) atoms. The van der Waals surface area contributed by atoms with Crippen LogP contribution in [0.5, 0.6) is 0 Å². The topological polar surface area (TPSA) is 12.9 Å². The molecule has 2 heteroatoms. The van der Waals surface area contributed by atoms with Crippen LogP contribution in [0, 0.1) is 13.8 Å². The van der Waals surface area contributed by atoms with Gasteiger partial charge in [-0.2, -0.15) is 0 Å². The molecule has 0 aromatic carbocycles. The number of thioether (sulfide) groups is 1. The molecule has 1 aromatic rings. The molecule has 0 aliphatic rings. The number of nitrogens with zero attached hydrogens (tertiary/aromatic N) is 1. The van der Waals surface area contributed by atoms with E-state index in [-0.39, 0.29) is 0 Å². The van der Waals surface area contributed by atoms with Gasteiger partial charge in [0, 0.05) is 11.1 Å². The molecule has 0 spiro atoms. The predicted molar refractivity (Wildman–Crippen MR) is 50.1 cm³/mol. The van der Waals surface area contributed by atoms with Crippen LogP contribution in [0.1, 0.15) is 18.2 Å². The number of aryl methyl sites for hydroxylation is 2. The van der Waals surface area contributed by atoms with Crippen molar-refractivity contribution in [3.05, 3.63) is 23.5 Å². The Labute approximate surface area is 72.2 Å². The normalized spacial score (nSPS) is 10.1. The maximum atomic E-state index is 4.28. The van der Waals surface area contributed by atoms with E-state index in [4.69, 9.17) is 0 Å². The second-order valence-corrected chi connectivity index (χ2v) is 3.84. The van der Waals surface area contributed by atoms with E-state index in [1.807, 2.05) is 18.0 Å². The van der Waals surface area contributed by atoms with Crippen LogP contribution in [-0.2, 0) is 0 Å². The number of aromatic nitrogens is 1. The zero-order chi connectivity index (χ0) is 8.27. The fourth-order valence-corrected chi connectivity index (χ4v) is 1.75. The van der Waals surface area contributed by atoms with E-state index in [0.29, 0.717) is 0 Å². The Balaban J connectivity index is 2.93. The highest BCUT2D eigenvalue weighted by Crippen LogP contribution is 2.20. The third-order valence-corrected chi connectivity index (χ3v) is 2.49. The van der Waals surface area contributed by atoms with Gasteiger partial charge in [-0.25, -0.2) is 0 Å². The quantitative estimate of drug-likeness (QED) is 0.628. The summed E-state index contributed by atoms with van der Waals surface area (Å²) < 4.78 is 0. The molecular weight excluding hydrogens is 154 g/mol. The van der Waals surface area contributed by atoms with Gasteiger partial charge in [-0.3, -0.25) is 4.98 Å². The van der Waals surface area contributed by atoms with Gasteiger partial charge < -0.3 is 0 Å². The van der Waals surface area contributed by atoms with E-state index in [1.165, 1.54) is 10.5 Å². The molecule has 1 heterocycles. The van der Waals surface area contributed by atoms with E-state index in [9.17, 15) is 0 Å². The molecular formula is C9H13NS. The third-order valence-electron chi connectivity index (χ3n) is 1.48. The molecule has 0 saturated heterocycles. The van der Waals surface area contributed by atoms with Crippen molar-refractivity contribution < 1.29 is 0 Å². The lowest BCUT2D eigenvalue weighted by Crippen LogP contribution is -1.86. The van der Waals surface area contributed by atoms with Crippen LogP contribution < -0.4 is 0 Å². The SMILES string of the molecule is CCSc1cc(C)cnc1C. The summed E-state index contributed by atoms with van der Waals surface area (Å²) in [6, 6.07) is 2.19. The fourth-order valence-electron chi connectivity index (χ4n) is 0.912. The zero-order valence-electron chi connectivity index (χ0n) is 7.22. The molecule has 0 amide bonds. The fraction of sp³-hybridized carbons (Fsp3) is 0.444. The Bertz CT molecular complexity index is 245. The highest BCUT2D eigenvalue weighted by molar-refractivity contribution is 7.99. The molecule has 0 radical (unpaired) electrons. The summed E-state index contributed by atoms with van der Waals surface area (Å²) in [6.07, 6.45) is 1.91. The minimum Gasteiger partial charge on any atom is -0.260 e. The highest BCUT2D eigenvalue weighted by Gasteiger charge is 1.97.